The summed E-state index contributed by atoms with van der Waals surface area (Å²) in [6.45, 7) is 0. The number of rotatable bonds is 2. The Bertz CT molecular complexity index is 540. The van der Waals surface area contributed by atoms with Gasteiger partial charge in [-0.25, -0.2) is 4.79 Å². The Morgan fingerprint density at radius 2 is 1.82 bits per heavy atom. The van der Waals surface area contributed by atoms with E-state index in [9.17, 15) is 4.79 Å². The van der Waals surface area contributed by atoms with Crippen molar-refractivity contribution in [2.75, 3.05) is 5.73 Å². The number of carbonyl (C=O) groups excluding carboxylic acids is 1. The Balaban J connectivity index is 2.23. The van der Waals surface area contributed by atoms with E-state index >= 15 is 0 Å². The van der Waals surface area contributed by atoms with E-state index in [0.717, 1.165) is 4.47 Å². The molecule has 0 amide bonds. The zero-order valence-corrected chi connectivity index (χ0v) is 10.5. The van der Waals surface area contributed by atoms with Gasteiger partial charge in [-0.3, -0.25) is 0 Å². The van der Waals surface area contributed by atoms with Crippen molar-refractivity contribution in [1.29, 1.82) is 0 Å². The van der Waals surface area contributed by atoms with Crippen LogP contribution in [0.2, 0.25) is 0 Å². The van der Waals surface area contributed by atoms with Crippen LogP contribution in [0.1, 0.15) is 10.4 Å². The van der Waals surface area contributed by atoms with Crippen LogP contribution in [0, 0.1) is 0 Å². The van der Waals surface area contributed by atoms with Crippen LogP contribution in [-0.2, 0) is 0 Å². The SMILES string of the molecule is Nc1ccc(Br)cc1C(=O)Oc1ccccc1. The third-order valence-electron chi connectivity index (χ3n) is 2.19. The van der Waals surface area contributed by atoms with Gasteiger partial charge in [0.05, 0.1) is 5.56 Å². The number of hydrogen-bond acceptors (Lipinski definition) is 3. The molecule has 4 heteroatoms. The summed E-state index contributed by atoms with van der Waals surface area (Å²) in [7, 11) is 0. The van der Waals surface area contributed by atoms with Crippen molar-refractivity contribution in [3.8, 4) is 5.75 Å². The molecule has 0 saturated heterocycles. The fraction of sp³-hybridized carbons (Fsp3) is 0. The summed E-state index contributed by atoms with van der Waals surface area (Å²) in [4.78, 5) is 11.9. The van der Waals surface area contributed by atoms with Crippen LogP contribution in [-0.4, -0.2) is 5.97 Å². The van der Waals surface area contributed by atoms with Gasteiger partial charge in [0, 0.05) is 10.2 Å². The first-order chi connectivity index (χ1) is 8.16. The lowest BCUT2D eigenvalue weighted by molar-refractivity contribution is 0.0736. The molecule has 0 radical (unpaired) electrons. The third kappa shape index (κ3) is 2.85. The highest BCUT2D eigenvalue weighted by atomic mass is 79.9. The second-order valence-electron chi connectivity index (χ2n) is 3.43. The second-order valence-corrected chi connectivity index (χ2v) is 4.35. The fourth-order valence-electron chi connectivity index (χ4n) is 1.36. The molecule has 2 aromatic carbocycles. The highest BCUT2D eigenvalue weighted by Crippen LogP contribution is 2.20. The highest BCUT2D eigenvalue weighted by Gasteiger charge is 2.12. The zero-order chi connectivity index (χ0) is 12.3. The number of ether oxygens (including phenoxy) is 1. The number of hydrogen-bond donors (Lipinski definition) is 1. The Morgan fingerprint density at radius 3 is 2.53 bits per heavy atom. The fourth-order valence-corrected chi connectivity index (χ4v) is 1.72. The van der Waals surface area contributed by atoms with Gasteiger partial charge in [-0.2, -0.15) is 0 Å². The molecule has 0 aromatic heterocycles. The Kier molecular flexibility index (Phi) is 3.44. The number of nitrogens with two attached hydrogens (primary N) is 1. The summed E-state index contributed by atoms with van der Waals surface area (Å²) in [6, 6.07) is 13.9. The van der Waals surface area contributed by atoms with E-state index in [1.807, 2.05) is 6.07 Å². The summed E-state index contributed by atoms with van der Waals surface area (Å²) < 4.78 is 5.98. The molecule has 2 N–H and O–H groups in total. The molecule has 0 atom stereocenters. The molecule has 0 heterocycles. The minimum Gasteiger partial charge on any atom is -0.423 e. The van der Waals surface area contributed by atoms with Crippen LogP contribution < -0.4 is 10.5 Å². The molecule has 0 aliphatic carbocycles. The molecule has 0 aliphatic heterocycles. The Morgan fingerprint density at radius 1 is 1.12 bits per heavy atom. The Hall–Kier alpha value is -1.81. The Labute approximate surface area is 107 Å². The van der Waals surface area contributed by atoms with Crippen molar-refractivity contribution in [2.24, 2.45) is 0 Å². The number of carbonyl (C=O) groups is 1. The van der Waals surface area contributed by atoms with Gasteiger partial charge in [0.15, 0.2) is 0 Å². The van der Waals surface area contributed by atoms with Crippen molar-refractivity contribution in [3.05, 3.63) is 58.6 Å². The van der Waals surface area contributed by atoms with E-state index in [1.54, 1.807) is 42.5 Å². The van der Waals surface area contributed by atoms with E-state index < -0.39 is 5.97 Å². The van der Waals surface area contributed by atoms with Gasteiger partial charge in [-0.05, 0) is 30.3 Å². The molecule has 17 heavy (non-hydrogen) atoms. The smallest absolute Gasteiger partial charge is 0.345 e. The maximum atomic E-state index is 11.9. The van der Waals surface area contributed by atoms with E-state index in [-0.39, 0.29) is 0 Å². The molecule has 0 aliphatic rings. The molecule has 0 saturated carbocycles. The predicted octanol–water partition coefficient (Wildman–Crippen LogP) is 3.25. The first kappa shape index (κ1) is 11.7. The molecule has 0 bridgehead atoms. The van der Waals surface area contributed by atoms with E-state index in [1.165, 1.54) is 0 Å². The number of anilines is 1. The number of benzene rings is 2. The van der Waals surface area contributed by atoms with E-state index in [2.05, 4.69) is 15.9 Å². The van der Waals surface area contributed by atoms with E-state index in [4.69, 9.17) is 10.5 Å². The van der Waals surface area contributed by atoms with Crippen molar-refractivity contribution in [1.82, 2.24) is 0 Å². The predicted molar refractivity (Wildman–Crippen MR) is 70.0 cm³/mol. The lowest BCUT2D eigenvalue weighted by Gasteiger charge is -2.06. The maximum absolute atomic E-state index is 11.9. The van der Waals surface area contributed by atoms with Crippen molar-refractivity contribution < 1.29 is 9.53 Å². The van der Waals surface area contributed by atoms with Crippen LogP contribution in [0.5, 0.6) is 5.75 Å². The summed E-state index contributed by atoms with van der Waals surface area (Å²) in [5.74, 6) is 0.0341. The molecule has 2 aromatic rings. The number of para-hydroxylation sites is 1. The summed E-state index contributed by atoms with van der Waals surface area (Å²) >= 11 is 3.29. The quantitative estimate of drug-likeness (QED) is 0.525. The zero-order valence-electron chi connectivity index (χ0n) is 8.89. The van der Waals surface area contributed by atoms with Crippen LogP contribution in [0.3, 0.4) is 0 Å². The highest BCUT2D eigenvalue weighted by molar-refractivity contribution is 9.10. The summed E-state index contributed by atoms with van der Waals surface area (Å²) in [5.41, 5.74) is 6.47. The number of esters is 1. The van der Waals surface area contributed by atoms with Gasteiger partial charge in [0.1, 0.15) is 5.75 Å². The first-order valence-electron chi connectivity index (χ1n) is 4.99. The van der Waals surface area contributed by atoms with Gasteiger partial charge < -0.3 is 10.5 Å². The molecular formula is C13H10BrNO2. The van der Waals surface area contributed by atoms with Gasteiger partial charge in [0.2, 0.25) is 0 Å². The monoisotopic (exact) mass is 291 g/mol. The molecule has 0 fully saturated rings. The summed E-state index contributed by atoms with van der Waals surface area (Å²) in [6.07, 6.45) is 0. The van der Waals surface area contributed by atoms with Crippen LogP contribution in [0.25, 0.3) is 0 Å². The number of nitrogen functional groups attached to an aromatic ring is 1. The second kappa shape index (κ2) is 5.01. The molecule has 2 rings (SSSR count). The minimum absolute atomic E-state index is 0.350. The molecule has 0 spiro atoms. The van der Waals surface area contributed by atoms with Crippen molar-refractivity contribution in [2.45, 2.75) is 0 Å². The van der Waals surface area contributed by atoms with Crippen LogP contribution >= 0.6 is 15.9 Å². The molecule has 3 nitrogen and oxygen atoms in total. The molecule has 86 valence electrons. The average molecular weight is 292 g/mol. The van der Waals surface area contributed by atoms with Crippen molar-refractivity contribution >= 4 is 27.6 Å². The third-order valence-corrected chi connectivity index (χ3v) is 2.68. The van der Waals surface area contributed by atoms with Gasteiger partial charge in [-0.1, -0.05) is 34.1 Å². The summed E-state index contributed by atoms with van der Waals surface area (Å²) in [5, 5.41) is 0. The normalized spacial score (nSPS) is 9.94. The maximum Gasteiger partial charge on any atom is 0.345 e. The largest absolute Gasteiger partial charge is 0.423 e. The minimum atomic E-state index is -0.463. The molecule has 0 unspecified atom stereocenters. The van der Waals surface area contributed by atoms with Crippen molar-refractivity contribution in [3.63, 3.8) is 0 Å². The average Bonchev–Trinajstić information content (AvgIpc) is 2.33. The van der Waals surface area contributed by atoms with Gasteiger partial charge in [-0.15, -0.1) is 0 Å². The lowest BCUT2D eigenvalue weighted by Crippen LogP contribution is -2.11. The van der Waals surface area contributed by atoms with E-state index in [0.29, 0.717) is 17.0 Å². The first-order valence-corrected chi connectivity index (χ1v) is 5.78. The van der Waals surface area contributed by atoms with Gasteiger partial charge in [0.25, 0.3) is 0 Å². The standard InChI is InChI=1S/C13H10BrNO2/c14-9-6-7-12(15)11(8-9)13(16)17-10-4-2-1-3-5-10/h1-8H,15H2. The lowest BCUT2D eigenvalue weighted by atomic mass is 10.2. The topological polar surface area (TPSA) is 52.3 Å². The molecular weight excluding hydrogens is 282 g/mol. The van der Waals surface area contributed by atoms with Gasteiger partial charge >= 0.3 is 5.97 Å². The number of halogens is 1. The van der Waals surface area contributed by atoms with Crippen LogP contribution in [0.4, 0.5) is 5.69 Å². The van der Waals surface area contributed by atoms with Crippen LogP contribution in [0.15, 0.2) is 53.0 Å².